The number of hydrogen-bond acceptors (Lipinski definition) is 6. The maximum Gasteiger partial charge on any atom is 0.158 e. The summed E-state index contributed by atoms with van der Waals surface area (Å²) in [6.07, 6.45) is 4.86. The largest absolute Gasteiger partial charge is 0.399 e. The molecule has 1 unspecified atom stereocenters. The molecule has 2 saturated heterocycles. The number of rotatable bonds is 5. The van der Waals surface area contributed by atoms with Gasteiger partial charge in [-0.2, -0.15) is 0 Å². The molecule has 1 aromatic rings. The zero-order valence-electron chi connectivity index (χ0n) is 14.4. The van der Waals surface area contributed by atoms with E-state index in [2.05, 4.69) is 50.9 Å². The molecule has 0 bridgehead atoms. The quantitative estimate of drug-likeness (QED) is 0.712. The molecule has 2 fully saturated rings. The highest BCUT2D eigenvalue weighted by atomic mass is 79.9. The highest BCUT2D eigenvalue weighted by Crippen LogP contribution is 2.37. The second kappa shape index (κ2) is 7.37. The molecule has 3 rings (SSSR count). The molecule has 0 aliphatic carbocycles. The number of halogens is 1. The highest BCUT2D eigenvalue weighted by molar-refractivity contribution is 9.10. The second-order valence-corrected chi connectivity index (χ2v) is 7.56. The fraction of sp³-hybridized carbons (Fsp3) is 0.647. The molecule has 0 saturated carbocycles. The Labute approximate surface area is 151 Å². The van der Waals surface area contributed by atoms with Gasteiger partial charge in [-0.15, -0.1) is 0 Å². The first kappa shape index (κ1) is 17.6. The van der Waals surface area contributed by atoms with E-state index in [4.69, 9.17) is 14.3 Å². The Balaban J connectivity index is 1.80. The predicted molar refractivity (Wildman–Crippen MR) is 96.3 cm³/mol. The molecule has 0 spiro atoms. The van der Waals surface area contributed by atoms with E-state index in [1.54, 1.807) is 7.11 Å². The molecule has 0 radical (unpaired) electrons. The summed E-state index contributed by atoms with van der Waals surface area (Å²) in [6, 6.07) is 2.08. The van der Waals surface area contributed by atoms with Crippen LogP contribution in [-0.4, -0.2) is 43.8 Å². The van der Waals surface area contributed by atoms with Crippen LogP contribution in [0, 0.1) is 0 Å². The van der Waals surface area contributed by atoms with Crippen molar-refractivity contribution >= 4 is 27.5 Å². The summed E-state index contributed by atoms with van der Waals surface area (Å²) >= 11 is 3.53. The third-order valence-corrected chi connectivity index (χ3v) is 4.75. The van der Waals surface area contributed by atoms with Gasteiger partial charge in [0.2, 0.25) is 0 Å². The second-order valence-electron chi connectivity index (χ2n) is 6.65. The van der Waals surface area contributed by atoms with E-state index in [1.807, 2.05) is 6.20 Å². The standard InChI is InChI=1S/C17H24BrN3O3/c1-17(2,24-15-6-4-5-7-23-15)14-8-12(18)9-19-16(14)21-10-13(11-21)20-22-3/h8-9,15H,4-7,10-11H2,1-3H3. The lowest BCUT2D eigenvalue weighted by Crippen LogP contribution is -2.49. The summed E-state index contributed by atoms with van der Waals surface area (Å²) in [6.45, 7) is 6.37. The van der Waals surface area contributed by atoms with Crippen molar-refractivity contribution in [2.24, 2.45) is 5.16 Å². The average molecular weight is 398 g/mol. The third-order valence-electron chi connectivity index (χ3n) is 4.31. The van der Waals surface area contributed by atoms with E-state index in [0.717, 1.165) is 60.5 Å². The Bertz CT molecular complexity index is 607. The van der Waals surface area contributed by atoms with Gasteiger partial charge in [0.1, 0.15) is 12.9 Å². The fourth-order valence-electron chi connectivity index (χ4n) is 3.05. The van der Waals surface area contributed by atoms with E-state index in [-0.39, 0.29) is 6.29 Å². The summed E-state index contributed by atoms with van der Waals surface area (Å²) in [5, 5.41) is 4.00. The fourth-order valence-corrected chi connectivity index (χ4v) is 3.39. The number of nitrogens with zero attached hydrogens (tertiary/aromatic N) is 3. The smallest absolute Gasteiger partial charge is 0.158 e. The number of oxime groups is 1. The first-order valence-electron chi connectivity index (χ1n) is 8.29. The first-order chi connectivity index (χ1) is 11.5. The molecular weight excluding hydrogens is 374 g/mol. The molecule has 3 heterocycles. The minimum Gasteiger partial charge on any atom is -0.399 e. The number of aromatic nitrogens is 1. The summed E-state index contributed by atoms with van der Waals surface area (Å²) in [5.41, 5.74) is 1.56. The van der Waals surface area contributed by atoms with Crippen molar-refractivity contribution in [3.05, 3.63) is 22.3 Å². The molecule has 2 aliphatic heterocycles. The van der Waals surface area contributed by atoms with E-state index in [9.17, 15) is 0 Å². The zero-order chi connectivity index (χ0) is 17.2. The van der Waals surface area contributed by atoms with Gasteiger partial charge in [-0.3, -0.25) is 0 Å². The van der Waals surface area contributed by atoms with Crippen molar-refractivity contribution in [1.82, 2.24) is 4.98 Å². The molecule has 2 aliphatic rings. The van der Waals surface area contributed by atoms with Crippen LogP contribution in [0.25, 0.3) is 0 Å². The van der Waals surface area contributed by atoms with Crippen molar-refractivity contribution in [3.63, 3.8) is 0 Å². The average Bonchev–Trinajstić information content (AvgIpc) is 2.51. The molecule has 1 atom stereocenters. The van der Waals surface area contributed by atoms with Gasteiger partial charge in [0, 0.05) is 22.8 Å². The number of hydrogen-bond donors (Lipinski definition) is 0. The molecule has 0 N–H and O–H groups in total. The minimum absolute atomic E-state index is 0.150. The third kappa shape index (κ3) is 3.90. The van der Waals surface area contributed by atoms with Crippen LogP contribution in [0.5, 0.6) is 0 Å². The van der Waals surface area contributed by atoms with Crippen LogP contribution in [0.15, 0.2) is 21.9 Å². The number of ether oxygens (including phenoxy) is 2. The number of anilines is 1. The van der Waals surface area contributed by atoms with Crippen LogP contribution in [0.3, 0.4) is 0 Å². The van der Waals surface area contributed by atoms with Gasteiger partial charge in [0.15, 0.2) is 6.29 Å². The maximum absolute atomic E-state index is 6.29. The van der Waals surface area contributed by atoms with Crippen LogP contribution in [0.4, 0.5) is 5.82 Å². The van der Waals surface area contributed by atoms with Gasteiger partial charge in [-0.25, -0.2) is 4.98 Å². The Morgan fingerprint density at radius 1 is 1.38 bits per heavy atom. The maximum atomic E-state index is 6.29. The van der Waals surface area contributed by atoms with E-state index in [1.165, 1.54) is 0 Å². The Hall–Kier alpha value is -1.18. The Morgan fingerprint density at radius 2 is 2.17 bits per heavy atom. The minimum atomic E-state index is -0.498. The highest BCUT2D eigenvalue weighted by Gasteiger charge is 2.34. The van der Waals surface area contributed by atoms with Gasteiger partial charge >= 0.3 is 0 Å². The van der Waals surface area contributed by atoms with Crippen molar-refractivity contribution in [1.29, 1.82) is 0 Å². The first-order valence-corrected chi connectivity index (χ1v) is 9.08. The van der Waals surface area contributed by atoms with E-state index >= 15 is 0 Å². The van der Waals surface area contributed by atoms with Crippen molar-refractivity contribution in [2.45, 2.75) is 45.0 Å². The summed E-state index contributed by atoms with van der Waals surface area (Å²) in [7, 11) is 1.57. The summed E-state index contributed by atoms with van der Waals surface area (Å²) < 4.78 is 13.0. The number of pyridine rings is 1. The molecule has 0 amide bonds. The molecule has 24 heavy (non-hydrogen) atoms. The lowest BCUT2D eigenvalue weighted by atomic mass is 9.96. The van der Waals surface area contributed by atoms with Gasteiger partial charge in [-0.05, 0) is 55.1 Å². The van der Waals surface area contributed by atoms with Gasteiger partial charge in [0.05, 0.1) is 24.4 Å². The molecule has 132 valence electrons. The van der Waals surface area contributed by atoms with Gasteiger partial charge in [-0.1, -0.05) is 5.16 Å². The lowest BCUT2D eigenvalue weighted by molar-refractivity contribution is -0.218. The monoisotopic (exact) mass is 397 g/mol. The van der Waals surface area contributed by atoms with E-state index < -0.39 is 5.60 Å². The van der Waals surface area contributed by atoms with E-state index in [0.29, 0.717) is 0 Å². The lowest BCUT2D eigenvalue weighted by Gasteiger charge is -2.39. The normalized spacial score (nSPS) is 21.4. The summed E-state index contributed by atoms with van der Waals surface area (Å²) in [5.74, 6) is 0.925. The Morgan fingerprint density at radius 3 is 2.83 bits per heavy atom. The van der Waals surface area contributed by atoms with Crippen molar-refractivity contribution < 1.29 is 14.3 Å². The van der Waals surface area contributed by atoms with Crippen LogP contribution in [-0.2, 0) is 19.9 Å². The van der Waals surface area contributed by atoms with Gasteiger partial charge in [0.25, 0.3) is 0 Å². The SMILES string of the molecule is CON=C1CN(c2ncc(Br)cc2C(C)(C)OC2CCCCO2)C1. The molecule has 7 heteroatoms. The van der Waals surface area contributed by atoms with Crippen LogP contribution in [0.1, 0.15) is 38.7 Å². The molecular formula is C17H24BrN3O3. The zero-order valence-corrected chi connectivity index (χ0v) is 16.0. The van der Waals surface area contributed by atoms with Crippen molar-refractivity contribution in [3.8, 4) is 0 Å². The molecule has 1 aromatic heterocycles. The predicted octanol–water partition coefficient (Wildman–Crippen LogP) is 3.44. The van der Waals surface area contributed by atoms with Crippen LogP contribution >= 0.6 is 15.9 Å². The molecule has 6 nitrogen and oxygen atoms in total. The molecule has 0 aromatic carbocycles. The summed E-state index contributed by atoms with van der Waals surface area (Å²) in [4.78, 5) is 11.6. The Kier molecular flexibility index (Phi) is 5.42. The van der Waals surface area contributed by atoms with Gasteiger partial charge < -0.3 is 19.2 Å². The van der Waals surface area contributed by atoms with Crippen molar-refractivity contribution in [2.75, 3.05) is 31.7 Å². The van der Waals surface area contributed by atoms with Crippen LogP contribution < -0.4 is 4.90 Å². The topological polar surface area (TPSA) is 56.2 Å². The van der Waals surface area contributed by atoms with Crippen LogP contribution in [0.2, 0.25) is 0 Å².